The van der Waals surface area contributed by atoms with E-state index in [-0.39, 0.29) is 24.9 Å². The number of amides is 1. The molecular formula is C15H15F6NO. The SMILES string of the molecule is O=C(Nc1cccc(C(F)(F)F)c1)C1CCCC(C(F)(F)F)C1. The predicted molar refractivity (Wildman–Crippen MR) is 71.6 cm³/mol. The number of alkyl halides is 6. The average Bonchev–Trinajstić information content (AvgIpc) is 2.46. The van der Waals surface area contributed by atoms with Crippen molar-refractivity contribution in [2.24, 2.45) is 11.8 Å². The smallest absolute Gasteiger partial charge is 0.326 e. The number of nitrogens with one attached hydrogen (secondary N) is 1. The summed E-state index contributed by atoms with van der Waals surface area (Å²) in [6, 6.07) is 4.03. The van der Waals surface area contributed by atoms with Crippen LogP contribution in [0.25, 0.3) is 0 Å². The van der Waals surface area contributed by atoms with Crippen LogP contribution in [-0.2, 0) is 11.0 Å². The fourth-order valence-corrected chi connectivity index (χ4v) is 2.74. The summed E-state index contributed by atoms with van der Waals surface area (Å²) in [5, 5.41) is 2.29. The van der Waals surface area contributed by atoms with Crippen molar-refractivity contribution in [3.8, 4) is 0 Å². The van der Waals surface area contributed by atoms with Crippen molar-refractivity contribution in [2.75, 3.05) is 5.32 Å². The summed E-state index contributed by atoms with van der Waals surface area (Å²) in [5.74, 6) is -3.04. The number of rotatable bonds is 2. The molecule has 8 heteroatoms. The third kappa shape index (κ3) is 4.62. The summed E-state index contributed by atoms with van der Waals surface area (Å²) >= 11 is 0. The van der Waals surface area contributed by atoms with Gasteiger partial charge < -0.3 is 5.32 Å². The lowest BCUT2D eigenvalue weighted by Gasteiger charge is -2.29. The molecule has 23 heavy (non-hydrogen) atoms. The molecule has 1 amide bonds. The summed E-state index contributed by atoms with van der Waals surface area (Å²) in [6.07, 6.45) is -8.67. The van der Waals surface area contributed by atoms with Crippen LogP contribution in [0.5, 0.6) is 0 Å². The number of benzene rings is 1. The molecule has 2 unspecified atom stereocenters. The lowest BCUT2D eigenvalue weighted by atomic mass is 9.80. The molecule has 2 rings (SSSR count). The van der Waals surface area contributed by atoms with E-state index < -0.39 is 35.7 Å². The normalized spacial score (nSPS) is 22.7. The number of carbonyl (C=O) groups excluding carboxylic acids is 1. The van der Waals surface area contributed by atoms with Crippen LogP contribution in [0.4, 0.5) is 32.0 Å². The average molecular weight is 339 g/mol. The minimum absolute atomic E-state index is 0.0170. The number of hydrogen-bond acceptors (Lipinski definition) is 1. The molecule has 1 N–H and O–H groups in total. The highest BCUT2D eigenvalue weighted by molar-refractivity contribution is 5.92. The molecule has 1 saturated carbocycles. The Morgan fingerprint density at radius 2 is 1.78 bits per heavy atom. The minimum Gasteiger partial charge on any atom is -0.326 e. The van der Waals surface area contributed by atoms with E-state index in [0.29, 0.717) is 6.42 Å². The molecule has 128 valence electrons. The number of hydrogen-bond donors (Lipinski definition) is 1. The van der Waals surface area contributed by atoms with Gasteiger partial charge >= 0.3 is 12.4 Å². The van der Waals surface area contributed by atoms with E-state index >= 15 is 0 Å². The summed E-state index contributed by atoms with van der Waals surface area (Å²) in [6.45, 7) is 0. The Hall–Kier alpha value is -1.73. The fourth-order valence-electron chi connectivity index (χ4n) is 2.74. The molecule has 2 atom stereocenters. The zero-order valence-corrected chi connectivity index (χ0v) is 12.0. The van der Waals surface area contributed by atoms with E-state index in [4.69, 9.17) is 0 Å². The summed E-state index contributed by atoms with van der Waals surface area (Å²) in [5.41, 5.74) is -0.994. The molecule has 0 bridgehead atoms. The third-order valence-corrected chi connectivity index (χ3v) is 3.97. The summed E-state index contributed by atoms with van der Waals surface area (Å²) < 4.78 is 76.0. The first-order chi connectivity index (χ1) is 10.6. The van der Waals surface area contributed by atoms with Gasteiger partial charge in [-0.3, -0.25) is 4.79 Å². The fraction of sp³-hybridized carbons (Fsp3) is 0.533. The highest BCUT2D eigenvalue weighted by atomic mass is 19.4. The van der Waals surface area contributed by atoms with Crippen LogP contribution < -0.4 is 5.32 Å². The van der Waals surface area contributed by atoms with E-state index in [9.17, 15) is 31.1 Å². The molecule has 1 aromatic rings. The van der Waals surface area contributed by atoms with Crippen molar-refractivity contribution in [2.45, 2.75) is 38.0 Å². The molecule has 0 radical (unpaired) electrons. The van der Waals surface area contributed by atoms with Gasteiger partial charge in [-0.05, 0) is 37.5 Å². The maximum Gasteiger partial charge on any atom is 0.416 e. The Balaban J connectivity index is 2.04. The van der Waals surface area contributed by atoms with Gasteiger partial charge in [-0.2, -0.15) is 26.3 Å². The highest BCUT2D eigenvalue weighted by Crippen LogP contribution is 2.40. The molecule has 1 aliphatic rings. The molecule has 0 aromatic heterocycles. The van der Waals surface area contributed by atoms with Crippen molar-refractivity contribution in [1.29, 1.82) is 0 Å². The molecule has 0 saturated heterocycles. The maximum absolute atomic E-state index is 12.7. The second-order valence-corrected chi connectivity index (χ2v) is 5.67. The van der Waals surface area contributed by atoms with Crippen LogP contribution in [0.15, 0.2) is 24.3 Å². The Morgan fingerprint density at radius 1 is 1.09 bits per heavy atom. The van der Waals surface area contributed by atoms with Crippen molar-refractivity contribution in [3.63, 3.8) is 0 Å². The molecule has 1 aromatic carbocycles. The standard InChI is InChI=1S/C15H15F6NO/c16-14(17,18)10-4-1-3-9(7-10)13(23)22-12-6-2-5-11(8-12)15(19,20)21/h2,5-6,8-10H,1,3-4,7H2,(H,22,23). The molecule has 1 aliphatic carbocycles. The third-order valence-electron chi connectivity index (χ3n) is 3.97. The van der Waals surface area contributed by atoms with Gasteiger partial charge in [-0.15, -0.1) is 0 Å². The molecule has 0 aliphatic heterocycles. The Morgan fingerprint density at radius 3 is 2.39 bits per heavy atom. The first-order valence-corrected chi connectivity index (χ1v) is 7.12. The van der Waals surface area contributed by atoms with E-state index in [1.807, 2.05) is 0 Å². The van der Waals surface area contributed by atoms with Crippen molar-refractivity contribution in [3.05, 3.63) is 29.8 Å². The first-order valence-electron chi connectivity index (χ1n) is 7.12. The van der Waals surface area contributed by atoms with Gasteiger partial charge in [-0.1, -0.05) is 12.5 Å². The molecule has 2 nitrogen and oxygen atoms in total. The van der Waals surface area contributed by atoms with Gasteiger partial charge in [0.25, 0.3) is 0 Å². The van der Waals surface area contributed by atoms with E-state index in [1.54, 1.807) is 0 Å². The molecule has 1 fully saturated rings. The van der Waals surface area contributed by atoms with Crippen LogP contribution in [0.3, 0.4) is 0 Å². The highest BCUT2D eigenvalue weighted by Gasteiger charge is 2.43. The monoisotopic (exact) mass is 339 g/mol. The largest absolute Gasteiger partial charge is 0.416 e. The van der Waals surface area contributed by atoms with Gasteiger partial charge in [0.15, 0.2) is 0 Å². The van der Waals surface area contributed by atoms with Gasteiger partial charge in [0.05, 0.1) is 11.5 Å². The first kappa shape index (κ1) is 17.6. The Labute approximate surface area is 128 Å². The summed E-state index contributed by atoms with van der Waals surface area (Å²) in [7, 11) is 0. The quantitative estimate of drug-likeness (QED) is 0.754. The van der Waals surface area contributed by atoms with E-state index in [1.165, 1.54) is 6.07 Å². The van der Waals surface area contributed by atoms with Crippen LogP contribution in [0.2, 0.25) is 0 Å². The summed E-state index contributed by atoms with van der Waals surface area (Å²) in [4.78, 5) is 12.0. The van der Waals surface area contributed by atoms with E-state index in [0.717, 1.165) is 18.2 Å². The number of anilines is 1. The van der Waals surface area contributed by atoms with Crippen LogP contribution in [0, 0.1) is 11.8 Å². The van der Waals surface area contributed by atoms with Gasteiger partial charge in [0.1, 0.15) is 0 Å². The van der Waals surface area contributed by atoms with Crippen LogP contribution >= 0.6 is 0 Å². The number of carbonyl (C=O) groups is 1. The zero-order valence-electron chi connectivity index (χ0n) is 12.0. The molecular weight excluding hydrogens is 324 g/mol. The second-order valence-electron chi connectivity index (χ2n) is 5.67. The van der Waals surface area contributed by atoms with Gasteiger partial charge in [0, 0.05) is 11.6 Å². The van der Waals surface area contributed by atoms with Crippen molar-refractivity contribution in [1.82, 2.24) is 0 Å². The lowest BCUT2D eigenvalue weighted by molar-refractivity contribution is -0.185. The zero-order chi connectivity index (χ0) is 17.3. The lowest BCUT2D eigenvalue weighted by Crippen LogP contribution is -2.34. The topological polar surface area (TPSA) is 29.1 Å². The predicted octanol–water partition coefficient (Wildman–Crippen LogP) is 5.01. The van der Waals surface area contributed by atoms with Crippen LogP contribution in [-0.4, -0.2) is 12.1 Å². The van der Waals surface area contributed by atoms with Crippen molar-refractivity contribution >= 4 is 11.6 Å². The minimum atomic E-state index is -4.55. The van der Waals surface area contributed by atoms with Crippen molar-refractivity contribution < 1.29 is 31.1 Å². The van der Waals surface area contributed by atoms with Gasteiger partial charge in [-0.25, -0.2) is 0 Å². The molecule has 0 spiro atoms. The Bertz CT molecular complexity index is 566. The van der Waals surface area contributed by atoms with Crippen LogP contribution in [0.1, 0.15) is 31.2 Å². The Kier molecular flexibility index (Phi) is 4.91. The second kappa shape index (κ2) is 6.41. The molecule has 0 heterocycles. The maximum atomic E-state index is 12.7. The van der Waals surface area contributed by atoms with Gasteiger partial charge in [0.2, 0.25) is 5.91 Å². The van der Waals surface area contributed by atoms with E-state index in [2.05, 4.69) is 5.32 Å². The number of halogens is 6.